The number of amides is 2. The minimum Gasteiger partial charge on any atom is -0.476 e. The van der Waals surface area contributed by atoms with Gasteiger partial charge in [0, 0.05) is 31.0 Å². The number of aromatic nitrogens is 2. The van der Waals surface area contributed by atoms with Crippen molar-refractivity contribution in [1.29, 1.82) is 0 Å². The molecule has 3 rings (SSSR count). The second kappa shape index (κ2) is 8.66. The number of carbonyl (C=O) groups excluding carboxylic acids is 2. The number of hydrogen-bond donors (Lipinski definition) is 1. The van der Waals surface area contributed by atoms with Gasteiger partial charge >= 0.3 is 0 Å². The molecule has 1 saturated carbocycles. The van der Waals surface area contributed by atoms with Gasteiger partial charge in [0.1, 0.15) is 0 Å². The van der Waals surface area contributed by atoms with Gasteiger partial charge in [0.25, 0.3) is 17.7 Å². The molecule has 2 aromatic rings. The van der Waals surface area contributed by atoms with Crippen LogP contribution in [0.4, 0.5) is 0 Å². The lowest BCUT2D eigenvalue weighted by atomic mass is 10.2. The van der Waals surface area contributed by atoms with Crippen molar-refractivity contribution in [1.82, 2.24) is 20.4 Å². The van der Waals surface area contributed by atoms with Crippen LogP contribution in [0.3, 0.4) is 0 Å². The number of ether oxygens (including phenoxy) is 1. The largest absolute Gasteiger partial charge is 0.476 e. The zero-order chi connectivity index (χ0) is 19.2. The molecule has 0 spiro atoms. The summed E-state index contributed by atoms with van der Waals surface area (Å²) in [6.45, 7) is 5.19. The van der Waals surface area contributed by atoms with Crippen molar-refractivity contribution in [2.24, 2.45) is 0 Å². The van der Waals surface area contributed by atoms with Crippen LogP contribution in [0.15, 0.2) is 28.9 Å². The highest BCUT2D eigenvalue weighted by Gasteiger charge is 2.32. The molecule has 144 valence electrons. The first-order chi connectivity index (χ1) is 13.1. The minimum atomic E-state index is -0.347. The van der Waals surface area contributed by atoms with Crippen molar-refractivity contribution in [2.45, 2.75) is 39.2 Å². The number of rotatable bonds is 9. The van der Waals surface area contributed by atoms with Crippen LogP contribution in [-0.4, -0.2) is 52.6 Å². The molecule has 27 heavy (non-hydrogen) atoms. The molecule has 0 aromatic carbocycles. The fraction of sp³-hybridized carbons (Fsp3) is 0.474. The lowest BCUT2D eigenvalue weighted by Crippen LogP contribution is -2.36. The molecule has 0 aliphatic heterocycles. The van der Waals surface area contributed by atoms with E-state index >= 15 is 0 Å². The Balaban J connectivity index is 1.47. The normalized spacial score (nSPS) is 13.3. The molecule has 1 aliphatic carbocycles. The summed E-state index contributed by atoms with van der Waals surface area (Å²) in [4.78, 5) is 30.8. The summed E-state index contributed by atoms with van der Waals surface area (Å²) in [6.07, 6.45) is 4.32. The third-order valence-corrected chi connectivity index (χ3v) is 4.27. The van der Waals surface area contributed by atoms with Gasteiger partial charge in [-0.05, 0) is 50.4 Å². The molecule has 0 unspecified atom stereocenters. The van der Waals surface area contributed by atoms with Gasteiger partial charge in [-0.15, -0.1) is 0 Å². The zero-order valence-electron chi connectivity index (χ0n) is 15.6. The topological polar surface area (TPSA) is 97.6 Å². The van der Waals surface area contributed by atoms with Crippen LogP contribution in [-0.2, 0) is 0 Å². The van der Waals surface area contributed by atoms with Crippen molar-refractivity contribution >= 4 is 11.8 Å². The first kappa shape index (κ1) is 18.9. The van der Waals surface area contributed by atoms with E-state index < -0.39 is 0 Å². The van der Waals surface area contributed by atoms with Crippen LogP contribution in [0.2, 0.25) is 0 Å². The number of nitrogens with zero attached hydrogens (tertiary/aromatic N) is 3. The molecule has 0 bridgehead atoms. The predicted molar refractivity (Wildman–Crippen MR) is 97.7 cm³/mol. The molecule has 0 saturated heterocycles. The third-order valence-electron chi connectivity index (χ3n) is 4.27. The second-order valence-corrected chi connectivity index (χ2v) is 6.49. The third kappa shape index (κ3) is 5.06. The van der Waals surface area contributed by atoms with Gasteiger partial charge in [-0.3, -0.25) is 14.6 Å². The molecule has 1 N–H and O–H groups in total. The van der Waals surface area contributed by atoms with Crippen molar-refractivity contribution < 1.29 is 18.8 Å². The maximum Gasteiger partial charge on any atom is 0.290 e. The number of aryl methyl sites for hydroxylation is 1. The van der Waals surface area contributed by atoms with Crippen LogP contribution in [0.25, 0.3) is 0 Å². The van der Waals surface area contributed by atoms with Crippen LogP contribution in [0.1, 0.15) is 52.8 Å². The van der Waals surface area contributed by atoms with E-state index in [2.05, 4.69) is 15.5 Å². The molecule has 2 heterocycles. The Kier molecular flexibility index (Phi) is 6.05. The molecular formula is C19H24N4O4. The Labute approximate surface area is 157 Å². The number of hydrogen-bond acceptors (Lipinski definition) is 6. The minimum absolute atomic E-state index is 0.00656. The van der Waals surface area contributed by atoms with E-state index in [4.69, 9.17) is 9.26 Å². The maximum atomic E-state index is 12.7. The molecule has 1 aliphatic rings. The summed E-state index contributed by atoms with van der Waals surface area (Å²) >= 11 is 0. The standard InChI is InChI=1S/C19H24N4O4/c1-3-26-17-11-16(27-22-17)18(24)20-9-4-10-23(15-7-8-15)19(25)14-6-5-13(2)21-12-14/h5-6,11-12,15H,3-4,7-10H2,1-2H3,(H,20,24). The van der Waals surface area contributed by atoms with Gasteiger partial charge in [0.2, 0.25) is 5.76 Å². The van der Waals surface area contributed by atoms with Gasteiger partial charge in [-0.25, -0.2) is 0 Å². The highest BCUT2D eigenvalue weighted by Crippen LogP contribution is 2.28. The van der Waals surface area contributed by atoms with Crippen LogP contribution >= 0.6 is 0 Å². The lowest BCUT2D eigenvalue weighted by molar-refractivity contribution is 0.0740. The summed E-state index contributed by atoms with van der Waals surface area (Å²) in [6, 6.07) is 5.40. The lowest BCUT2D eigenvalue weighted by Gasteiger charge is -2.22. The first-order valence-corrected chi connectivity index (χ1v) is 9.20. The van der Waals surface area contributed by atoms with Crippen molar-refractivity contribution in [3.8, 4) is 5.88 Å². The van der Waals surface area contributed by atoms with E-state index in [-0.39, 0.29) is 23.6 Å². The SMILES string of the molecule is CCOc1cc(C(=O)NCCCN(C(=O)c2ccc(C)nc2)C2CC2)on1. The second-order valence-electron chi connectivity index (χ2n) is 6.49. The van der Waals surface area contributed by atoms with Gasteiger partial charge < -0.3 is 19.5 Å². The van der Waals surface area contributed by atoms with Crippen LogP contribution in [0.5, 0.6) is 5.88 Å². The van der Waals surface area contributed by atoms with Gasteiger partial charge in [0.15, 0.2) is 0 Å². The summed E-state index contributed by atoms with van der Waals surface area (Å²) in [5, 5.41) is 6.44. The fourth-order valence-corrected chi connectivity index (χ4v) is 2.72. The Morgan fingerprint density at radius 3 is 2.85 bits per heavy atom. The fourth-order valence-electron chi connectivity index (χ4n) is 2.72. The number of pyridine rings is 1. The van der Waals surface area contributed by atoms with E-state index in [0.717, 1.165) is 18.5 Å². The molecule has 8 heteroatoms. The molecule has 1 fully saturated rings. The molecule has 0 atom stereocenters. The van der Waals surface area contributed by atoms with Gasteiger partial charge in [0.05, 0.1) is 18.2 Å². The monoisotopic (exact) mass is 372 g/mol. The van der Waals surface area contributed by atoms with Crippen molar-refractivity contribution in [2.75, 3.05) is 19.7 Å². The van der Waals surface area contributed by atoms with E-state index in [1.807, 2.05) is 30.9 Å². The van der Waals surface area contributed by atoms with Gasteiger partial charge in [-0.2, -0.15) is 0 Å². The van der Waals surface area contributed by atoms with Gasteiger partial charge in [-0.1, -0.05) is 0 Å². The summed E-state index contributed by atoms with van der Waals surface area (Å²) in [7, 11) is 0. The van der Waals surface area contributed by atoms with Crippen LogP contribution in [0, 0.1) is 6.92 Å². The molecule has 2 aromatic heterocycles. The summed E-state index contributed by atoms with van der Waals surface area (Å²) in [5.74, 6) is 0.0487. The molecule has 0 radical (unpaired) electrons. The predicted octanol–water partition coefficient (Wildman–Crippen LogP) is 2.20. The summed E-state index contributed by atoms with van der Waals surface area (Å²) in [5.41, 5.74) is 1.48. The van der Waals surface area contributed by atoms with E-state index in [1.54, 1.807) is 6.20 Å². The molecule has 2 amide bonds. The van der Waals surface area contributed by atoms with E-state index in [0.29, 0.717) is 37.6 Å². The quantitative estimate of drug-likeness (QED) is 0.678. The smallest absolute Gasteiger partial charge is 0.290 e. The Morgan fingerprint density at radius 1 is 1.37 bits per heavy atom. The maximum absolute atomic E-state index is 12.7. The Morgan fingerprint density at radius 2 is 2.19 bits per heavy atom. The zero-order valence-corrected chi connectivity index (χ0v) is 15.6. The highest BCUT2D eigenvalue weighted by molar-refractivity contribution is 5.94. The van der Waals surface area contributed by atoms with E-state index in [9.17, 15) is 9.59 Å². The summed E-state index contributed by atoms with van der Waals surface area (Å²) < 4.78 is 10.1. The highest BCUT2D eigenvalue weighted by atomic mass is 16.5. The first-order valence-electron chi connectivity index (χ1n) is 9.20. The van der Waals surface area contributed by atoms with Crippen LogP contribution < -0.4 is 10.1 Å². The Hall–Kier alpha value is -2.90. The Bertz CT molecular complexity index is 783. The van der Waals surface area contributed by atoms with E-state index in [1.165, 1.54) is 6.07 Å². The average molecular weight is 372 g/mol. The number of carbonyl (C=O) groups is 2. The molecular weight excluding hydrogens is 348 g/mol. The number of nitrogens with one attached hydrogen (secondary N) is 1. The molecule has 8 nitrogen and oxygen atoms in total. The van der Waals surface area contributed by atoms with Crippen molar-refractivity contribution in [3.63, 3.8) is 0 Å². The van der Waals surface area contributed by atoms with Crippen molar-refractivity contribution in [3.05, 3.63) is 41.4 Å². The average Bonchev–Trinajstić information content (AvgIpc) is 3.39.